The summed E-state index contributed by atoms with van der Waals surface area (Å²) in [5.74, 6) is 0.451. The van der Waals surface area contributed by atoms with Gasteiger partial charge in [-0.15, -0.1) is 0 Å². The molecule has 1 heterocycles. The van der Waals surface area contributed by atoms with Crippen molar-refractivity contribution < 1.29 is 13.9 Å². The number of carbonyl (C=O) groups excluding carboxylic acids is 1. The van der Waals surface area contributed by atoms with Gasteiger partial charge in [0.1, 0.15) is 11.6 Å². The van der Waals surface area contributed by atoms with Gasteiger partial charge in [-0.25, -0.2) is 4.39 Å². The van der Waals surface area contributed by atoms with E-state index in [1.54, 1.807) is 7.11 Å². The lowest BCUT2D eigenvalue weighted by Gasteiger charge is -2.36. The lowest BCUT2D eigenvalue weighted by molar-refractivity contribution is 0.0746. The van der Waals surface area contributed by atoms with Crippen molar-refractivity contribution in [1.82, 2.24) is 4.90 Å². The number of ether oxygens (including phenoxy) is 1. The zero-order valence-corrected chi connectivity index (χ0v) is 13.0. The second kappa shape index (κ2) is 6.69. The molecule has 2 aromatic rings. The van der Waals surface area contributed by atoms with Crippen molar-refractivity contribution in [2.24, 2.45) is 0 Å². The van der Waals surface area contributed by atoms with E-state index < -0.39 is 0 Å². The summed E-state index contributed by atoms with van der Waals surface area (Å²) in [6, 6.07) is 13.6. The van der Waals surface area contributed by atoms with Gasteiger partial charge in [0.2, 0.25) is 0 Å². The molecule has 0 aliphatic carbocycles. The molecule has 1 amide bonds. The van der Waals surface area contributed by atoms with Crippen molar-refractivity contribution in [3.8, 4) is 5.75 Å². The van der Waals surface area contributed by atoms with E-state index in [4.69, 9.17) is 4.74 Å². The third-order valence-electron chi connectivity index (χ3n) is 4.08. The molecule has 0 N–H and O–H groups in total. The highest BCUT2D eigenvalue weighted by atomic mass is 19.1. The number of halogens is 1. The Morgan fingerprint density at radius 3 is 2.39 bits per heavy atom. The number of nitrogens with zero attached hydrogens (tertiary/aromatic N) is 2. The maximum Gasteiger partial charge on any atom is 0.253 e. The summed E-state index contributed by atoms with van der Waals surface area (Å²) in [6.45, 7) is 2.82. The van der Waals surface area contributed by atoms with E-state index in [-0.39, 0.29) is 11.7 Å². The average molecular weight is 314 g/mol. The lowest BCUT2D eigenvalue weighted by Crippen LogP contribution is -2.48. The Hall–Kier alpha value is -2.56. The average Bonchev–Trinajstić information content (AvgIpc) is 2.62. The summed E-state index contributed by atoms with van der Waals surface area (Å²) in [5.41, 5.74) is 1.62. The predicted octanol–water partition coefficient (Wildman–Crippen LogP) is 2.80. The lowest BCUT2D eigenvalue weighted by atomic mass is 10.1. The summed E-state index contributed by atoms with van der Waals surface area (Å²) in [7, 11) is 1.65. The van der Waals surface area contributed by atoms with Crippen molar-refractivity contribution in [3.63, 3.8) is 0 Å². The molecular formula is C18H19FN2O2. The monoisotopic (exact) mass is 314 g/mol. The molecule has 1 aliphatic rings. The van der Waals surface area contributed by atoms with Crippen LogP contribution in [0.3, 0.4) is 0 Å². The topological polar surface area (TPSA) is 32.8 Å². The molecular weight excluding hydrogens is 295 g/mol. The standard InChI is InChI=1S/C18H19FN2O2/c1-23-17-4-2-3-16(13-17)20-9-11-21(12-10-20)18(22)14-5-7-15(19)8-6-14/h2-8,13H,9-12H2,1H3. The van der Waals surface area contributed by atoms with Gasteiger partial charge < -0.3 is 14.5 Å². The molecule has 1 fully saturated rings. The molecule has 1 aliphatic heterocycles. The van der Waals surface area contributed by atoms with Crippen molar-refractivity contribution in [2.75, 3.05) is 38.2 Å². The van der Waals surface area contributed by atoms with Crippen LogP contribution in [-0.2, 0) is 0 Å². The zero-order chi connectivity index (χ0) is 16.2. The summed E-state index contributed by atoms with van der Waals surface area (Å²) in [5, 5.41) is 0. The Bertz CT molecular complexity index is 680. The normalized spacial score (nSPS) is 14.7. The second-order valence-electron chi connectivity index (χ2n) is 5.49. The van der Waals surface area contributed by atoms with Crippen LogP contribution in [0.1, 0.15) is 10.4 Å². The Labute approximate surface area is 135 Å². The molecule has 4 nitrogen and oxygen atoms in total. The Balaban J connectivity index is 1.63. The molecule has 0 unspecified atom stereocenters. The van der Waals surface area contributed by atoms with Gasteiger partial charge in [0.15, 0.2) is 0 Å². The molecule has 0 atom stereocenters. The van der Waals surface area contributed by atoms with Gasteiger partial charge in [-0.2, -0.15) is 0 Å². The number of carbonyl (C=O) groups is 1. The molecule has 0 spiro atoms. The molecule has 0 saturated carbocycles. The first-order chi connectivity index (χ1) is 11.2. The van der Waals surface area contributed by atoms with Crippen LogP contribution in [0.5, 0.6) is 5.75 Å². The fourth-order valence-electron chi connectivity index (χ4n) is 2.75. The van der Waals surface area contributed by atoms with Crippen LogP contribution in [0.15, 0.2) is 48.5 Å². The number of hydrogen-bond donors (Lipinski definition) is 0. The quantitative estimate of drug-likeness (QED) is 0.873. The minimum atomic E-state index is -0.329. The van der Waals surface area contributed by atoms with Crippen LogP contribution in [0.4, 0.5) is 10.1 Å². The summed E-state index contributed by atoms with van der Waals surface area (Å²) in [4.78, 5) is 16.5. The minimum Gasteiger partial charge on any atom is -0.497 e. The van der Waals surface area contributed by atoms with Gasteiger partial charge in [0.25, 0.3) is 5.91 Å². The highest BCUT2D eigenvalue weighted by Crippen LogP contribution is 2.22. The number of methoxy groups -OCH3 is 1. The molecule has 0 aromatic heterocycles. The molecule has 0 radical (unpaired) electrons. The first-order valence-corrected chi connectivity index (χ1v) is 7.61. The summed E-state index contributed by atoms with van der Waals surface area (Å²) in [6.07, 6.45) is 0. The number of amides is 1. The van der Waals surface area contributed by atoms with Gasteiger partial charge >= 0.3 is 0 Å². The molecule has 3 rings (SSSR count). The van der Waals surface area contributed by atoms with E-state index in [1.165, 1.54) is 24.3 Å². The van der Waals surface area contributed by atoms with Gasteiger partial charge in [-0.3, -0.25) is 4.79 Å². The van der Waals surface area contributed by atoms with Crippen molar-refractivity contribution in [3.05, 3.63) is 59.9 Å². The molecule has 120 valence electrons. The van der Waals surface area contributed by atoms with Crippen LogP contribution >= 0.6 is 0 Å². The fourth-order valence-corrected chi connectivity index (χ4v) is 2.75. The maximum absolute atomic E-state index is 13.0. The number of benzene rings is 2. The molecule has 1 saturated heterocycles. The fraction of sp³-hybridized carbons (Fsp3) is 0.278. The van der Waals surface area contributed by atoms with E-state index in [2.05, 4.69) is 4.90 Å². The number of anilines is 1. The molecule has 0 bridgehead atoms. The van der Waals surface area contributed by atoms with Crippen molar-refractivity contribution in [2.45, 2.75) is 0 Å². The van der Waals surface area contributed by atoms with Gasteiger partial charge in [0.05, 0.1) is 7.11 Å². The number of piperazine rings is 1. The summed E-state index contributed by atoms with van der Waals surface area (Å²) >= 11 is 0. The van der Waals surface area contributed by atoms with Gasteiger partial charge in [-0.05, 0) is 36.4 Å². The van der Waals surface area contributed by atoms with Gasteiger partial charge in [0, 0.05) is 43.5 Å². The van der Waals surface area contributed by atoms with Crippen LogP contribution in [0, 0.1) is 5.82 Å². The number of hydrogen-bond acceptors (Lipinski definition) is 3. The zero-order valence-electron chi connectivity index (χ0n) is 13.0. The van der Waals surface area contributed by atoms with Crippen LogP contribution in [0.25, 0.3) is 0 Å². The third kappa shape index (κ3) is 3.44. The first-order valence-electron chi connectivity index (χ1n) is 7.61. The highest BCUT2D eigenvalue weighted by Gasteiger charge is 2.22. The second-order valence-corrected chi connectivity index (χ2v) is 5.49. The van der Waals surface area contributed by atoms with Crippen LogP contribution in [-0.4, -0.2) is 44.1 Å². The first kappa shape index (κ1) is 15.3. The molecule has 5 heteroatoms. The van der Waals surface area contributed by atoms with E-state index >= 15 is 0 Å². The maximum atomic E-state index is 13.0. The van der Waals surface area contributed by atoms with E-state index in [0.29, 0.717) is 18.7 Å². The van der Waals surface area contributed by atoms with E-state index in [9.17, 15) is 9.18 Å². The number of rotatable bonds is 3. The van der Waals surface area contributed by atoms with Crippen LogP contribution < -0.4 is 9.64 Å². The highest BCUT2D eigenvalue weighted by molar-refractivity contribution is 5.94. The smallest absolute Gasteiger partial charge is 0.253 e. The third-order valence-corrected chi connectivity index (χ3v) is 4.08. The van der Waals surface area contributed by atoms with Gasteiger partial charge in [-0.1, -0.05) is 6.07 Å². The van der Waals surface area contributed by atoms with Crippen molar-refractivity contribution >= 4 is 11.6 Å². The van der Waals surface area contributed by atoms with Crippen molar-refractivity contribution in [1.29, 1.82) is 0 Å². The summed E-state index contributed by atoms with van der Waals surface area (Å²) < 4.78 is 18.2. The molecule has 2 aromatic carbocycles. The largest absolute Gasteiger partial charge is 0.497 e. The predicted molar refractivity (Wildman–Crippen MR) is 87.5 cm³/mol. The van der Waals surface area contributed by atoms with E-state index in [1.807, 2.05) is 29.2 Å². The van der Waals surface area contributed by atoms with E-state index in [0.717, 1.165) is 24.5 Å². The minimum absolute atomic E-state index is 0.0460. The van der Waals surface area contributed by atoms with Crippen LogP contribution in [0.2, 0.25) is 0 Å². The Morgan fingerprint density at radius 2 is 1.74 bits per heavy atom. The Kier molecular flexibility index (Phi) is 4.46. The Morgan fingerprint density at radius 1 is 1.04 bits per heavy atom. The SMILES string of the molecule is COc1cccc(N2CCN(C(=O)c3ccc(F)cc3)CC2)c1. The molecule has 23 heavy (non-hydrogen) atoms.